The second kappa shape index (κ2) is 5.72. The van der Waals surface area contributed by atoms with Gasteiger partial charge in [-0.2, -0.15) is 0 Å². The number of fused-ring (bicyclic) bond motifs is 2. The average Bonchev–Trinajstić information content (AvgIpc) is 2.70. The van der Waals surface area contributed by atoms with E-state index in [2.05, 4.69) is 4.90 Å². The fourth-order valence-electron chi connectivity index (χ4n) is 4.21. The molecule has 0 aromatic rings. The number of carboxylic acids is 1. The van der Waals surface area contributed by atoms with Crippen LogP contribution in [0.3, 0.4) is 0 Å². The molecule has 3 saturated heterocycles. The van der Waals surface area contributed by atoms with Crippen LogP contribution >= 0.6 is 0 Å². The van der Waals surface area contributed by atoms with Crippen LogP contribution in [-0.4, -0.2) is 47.2 Å². The van der Waals surface area contributed by atoms with E-state index in [1.165, 1.54) is 0 Å². The Morgan fingerprint density at radius 2 is 1.85 bits per heavy atom. The number of rotatable bonds is 3. The summed E-state index contributed by atoms with van der Waals surface area (Å²) in [5.74, 6) is -0.180. The lowest BCUT2D eigenvalue weighted by molar-refractivity contribution is -0.145. The summed E-state index contributed by atoms with van der Waals surface area (Å²) in [5, 5.41) is 8.94. The lowest BCUT2D eigenvalue weighted by Crippen LogP contribution is -2.50. The van der Waals surface area contributed by atoms with E-state index in [1.807, 2.05) is 0 Å². The lowest BCUT2D eigenvalue weighted by Gasteiger charge is -2.41. The number of nitrogens with zero attached hydrogens (tertiary/aromatic N) is 1. The third-order valence-electron chi connectivity index (χ3n) is 5.06. The van der Waals surface area contributed by atoms with Crippen molar-refractivity contribution in [3.8, 4) is 0 Å². The van der Waals surface area contributed by atoms with Gasteiger partial charge in [-0.1, -0.05) is 0 Å². The Labute approximate surface area is 119 Å². The van der Waals surface area contributed by atoms with E-state index in [0.717, 1.165) is 45.1 Å². The fraction of sp³-hybridized carbons (Fsp3) is 0.867. The summed E-state index contributed by atoms with van der Waals surface area (Å²) in [6.45, 7) is 1.34. The van der Waals surface area contributed by atoms with Crippen LogP contribution in [0.2, 0.25) is 0 Å². The van der Waals surface area contributed by atoms with Gasteiger partial charge in [0.05, 0.1) is 12.5 Å². The third kappa shape index (κ3) is 2.68. The van der Waals surface area contributed by atoms with E-state index in [-0.39, 0.29) is 36.2 Å². The van der Waals surface area contributed by atoms with Crippen molar-refractivity contribution >= 4 is 11.9 Å². The number of hydrogen-bond acceptors (Lipinski definition) is 3. The summed E-state index contributed by atoms with van der Waals surface area (Å²) in [4.78, 5) is 25.6. The second-order valence-electron chi connectivity index (χ2n) is 6.48. The van der Waals surface area contributed by atoms with Crippen molar-refractivity contribution in [2.75, 3.05) is 13.2 Å². The summed E-state index contributed by atoms with van der Waals surface area (Å²) in [5.41, 5.74) is 0. The molecule has 112 valence electrons. The van der Waals surface area contributed by atoms with Crippen molar-refractivity contribution < 1.29 is 19.4 Å². The molecular weight excluding hydrogens is 258 g/mol. The molecule has 3 unspecified atom stereocenters. The number of ether oxygens (including phenoxy) is 1. The molecule has 5 heteroatoms. The molecule has 0 aromatic carbocycles. The van der Waals surface area contributed by atoms with Gasteiger partial charge in [0.1, 0.15) is 0 Å². The van der Waals surface area contributed by atoms with Crippen LogP contribution in [-0.2, 0) is 14.3 Å². The van der Waals surface area contributed by atoms with Crippen LogP contribution in [0, 0.1) is 11.8 Å². The first kappa shape index (κ1) is 13.9. The molecular formula is C15H23NO4. The minimum atomic E-state index is -0.713. The van der Waals surface area contributed by atoms with Gasteiger partial charge >= 0.3 is 5.97 Å². The summed E-state index contributed by atoms with van der Waals surface area (Å²) in [6, 6.07) is 0.542. The molecule has 3 heterocycles. The van der Waals surface area contributed by atoms with Crippen LogP contribution in [0.4, 0.5) is 0 Å². The van der Waals surface area contributed by atoms with Crippen LogP contribution in [0.25, 0.3) is 0 Å². The predicted molar refractivity (Wildman–Crippen MR) is 72.2 cm³/mol. The highest BCUT2D eigenvalue weighted by atomic mass is 16.5. The van der Waals surface area contributed by atoms with Gasteiger partial charge in [0.15, 0.2) is 0 Å². The van der Waals surface area contributed by atoms with E-state index >= 15 is 0 Å². The quantitative estimate of drug-likeness (QED) is 0.854. The van der Waals surface area contributed by atoms with Crippen molar-refractivity contribution in [1.82, 2.24) is 4.90 Å². The molecule has 3 aliphatic rings. The van der Waals surface area contributed by atoms with Crippen LogP contribution in [0.1, 0.15) is 44.9 Å². The van der Waals surface area contributed by atoms with Gasteiger partial charge < -0.3 is 14.7 Å². The summed E-state index contributed by atoms with van der Waals surface area (Å²) in [7, 11) is 0. The Kier molecular flexibility index (Phi) is 3.96. The number of amides is 1. The van der Waals surface area contributed by atoms with E-state index < -0.39 is 5.97 Å². The first-order chi connectivity index (χ1) is 9.65. The third-order valence-corrected chi connectivity index (χ3v) is 5.06. The molecule has 0 saturated carbocycles. The van der Waals surface area contributed by atoms with Gasteiger partial charge in [0.2, 0.25) is 5.91 Å². The van der Waals surface area contributed by atoms with Gasteiger partial charge in [0, 0.05) is 25.1 Å². The fourth-order valence-corrected chi connectivity index (χ4v) is 4.21. The second-order valence-corrected chi connectivity index (χ2v) is 6.48. The largest absolute Gasteiger partial charge is 0.481 e. The standard InChI is InChI=1S/C15H23NO4/c17-14(18)8-10-6-12-3-4-13(7-10)16(12)15(19)11-2-1-5-20-9-11/h10-13H,1-9H2,(H,17,18). The SMILES string of the molecule is O=C(O)CC1CC2CCC(C1)N2C(=O)C1CCCOC1. The monoisotopic (exact) mass is 281 g/mol. The predicted octanol–water partition coefficient (Wildman–Crippen LogP) is 1.66. The highest BCUT2D eigenvalue weighted by molar-refractivity contribution is 5.80. The highest BCUT2D eigenvalue weighted by Crippen LogP contribution is 2.41. The number of piperidine rings is 1. The molecule has 3 aliphatic heterocycles. The highest BCUT2D eigenvalue weighted by Gasteiger charge is 2.45. The molecule has 0 aromatic heterocycles. The molecule has 20 heavy (non-hydrogen) atoms. The van der Waals surface area contributed by atoms with E-state index in [1.54, 1.807) is 0 Å². The Bertz CT molecular complexity index is 377. The van der Waals surface area contributed by atoms with Crippen molar-refractivity contribution in [3.05, 3.63) is 0 Å². The van der Waals surface area contributed by atoms with Gasteiger partial charge in [-0.15, -0.1) is 0 Å². The lowest BCUT2D eigenvalue weighted by atomic mass is 9.87. The Morgan fingerprint density at radius 3 is 2.40 bits per heavy atom. The normalized spacial score (nSPS) is 36.9. The van der Waals surface area contributed by atoms with Gasteiger partial charge in [-0.25, -0.2) is 0 Å². The number of aliphatic carboxylic acids is 1. The number of hydrogen-bond donors (Lipinski definition) is 1. The minimum Gasteiger partial charge on any atom is -0.481 e. The smallest absolute Gasteiger partial charge is 0.303 e. The molecule has 3 fully saturated rings. The molecule has 3 atom stereocenters. The van der Waals surface area contributed by atoms with E-state index in [0.29, 0.717) is 6.61 Å². The molecule has 2 bridgehead atoms. The van der Waals surface area contributed by atoms with E-state index in [9.17, 15) is 9.59 Å². The van der Waals surface area contributed by atoms with Crippen LogP contribution in [0.5, 0.6) is 0 Å². The number of carbonyl (C=O) groups is 2. The van der Waals surface area contributed by atoms with Crippen molar-refractivity contribution in [2.24, 2.45) is 11.8 Å². The Morgan fingerprint density at radius 1 is 1.15 bits per heavy atom. The number of carbonyl (C=O) groups excluding carboxylic acids is 1. The van der Waals surface area contributed by atoms with Crippen molar-refractivity contribution in [3.63, 3.8) is 0 Å². The first-order valence-corrected chi connectivity index (χ1v) is 7.77. The molecule has 0 spiro atoms. The zero-order valence-electron chi connectivity index (χ0n) is 11.8. The zero-order valence-corrected chi connectivity index (χ0v) is 11.8. The van der Waals surface area contributed by atoms with Crippen LogP contribution in [0.15, 0.2) is 0 Å². The van der Waals surface area contributed by atoms with Gasteiger partial charge in [-0.05, 0) is 44.4 Å². The average molecular weight is 281 g/mol. The molecule has 3 rings (SSSR count). The topological polar surface area (TPSA) is 66.8 Å². The Hall–Kier alpha value is -1.10. The first-order valence-electron chi connectivity index (χ1n) is 7.77. The zero-order chi connectivity index (χ0) is 14.1. The molecule has 1 N–H and O–H groups in total. The maximum Gasteiger partial charge on any atom is 0.303 e. The summed E-state index contributed by atoms with van der Waals surface area (Å²) in [6.07, 6.45) is 5.97. The molecule has 0 aliphatic carbocycles. The minimum absolute atomic E-state index is 0.0304. The van der Waals surface area contributed by atoms with Crippen molar-refractivity contribution in [1.29, 1.82) is 0 Å². The molecule has 0 radical (unpaired) electrons. The van der Waals surface area contributed by atoms with Gasteiger partial charge in [-0.3, -0.25) is 9.59 Å². The Balaban J connectivity index is 1.64. The number of carboxylic acid groups (broad SMARTS) is 1. The van der Waals surface area contributed by atoms with E-state index in [4.69, 9.17) is 9.84 Å². The van der Waals surface area contributed by atoms with Crippen molar-refractivity contribution in [2.45, 2.75) is 57.0 Å². The van der Waals surface area contributed by atoms with Gasteiger partial charge in [0.25, 0.3) is 0 Å². The summed E-state index contributed by atoms with van der Waals surface area (Å²) < 4.78 is 5.43. The maximum atomic E-state index is 12.7. The molecule has 5 nitrogen and oxygen atoms in total. The summed E-state index contributed by atoms with van der Waals surface area (Å²) >= 11 is 0. The van der Waals surface area contributed by atoms with Crippen LogP contribution < -0.4 is 0 Å². The molecule has 1 amide bonds. The maximum absolute atomic E-state index is 12.7.